The minimum Gasteiger partial charge on any atom is -0.354 e. The second kappa shape index (κ2) is 5.97. The van der Waals surface area contributed by atoms with Crippen molar-refractivity contribution in [2.75, 3.05) is 33.9 Å². The summed E-state index contributed by atoms with van der Waals surface area (Å²) in [6, 6.07) is 0.113. The van der Waals surface area contributed by atoms with Crippen molar-refractivity contribution in [1.82, 2.24) is 15.6 Å². The molecule has 2 aliphatic heterocycles. The standard InChI is InChI=1S/C10H18N4O3/c1-15-10-7-13(16-2)9(8-17-10)6-14-11-4-3-5-12-14/h3-5,9-11H,6-8H2,1-2H3. The molecule has 2 rings (SSSR count). The molecule has 0 aliphatic carbocycles. The fourth-order valence-corrected chi connectivity index (χ4v) is 1.78. The topological polar surface area (TPSA) is 58.6 Å². The lowest BCUT2D eigenvalue weighted by atomic mass is 10.2. The Morgan fingerprint density at radius 3 is 3.06 bits per heavy atom. The zero-order valence-electron chi connectivity index (χ0n) is 10.1. The van der Waals surface area contributed by atoms with Crippen LogP contribution in [0.3, 0.4) is 0 Å². The van der Waals surface area contributed by atoms with Crippen LogP contribution in [0.15, 0.2) is 17.4 Å². The van der Waals surface area contributed by atoms with Gasteiger partial charge < -0.3 is 14.3 Å². The van der Waals surface area contributed by atoms with Crippen molar-refractivity contribution in [3.8, 4) is 0 Å². The molecule has 1 saturated heterocycles. The summed E-state index contributed by atoms with van der Waals surface area (Å²) in [5.74, 6) is 0. The normalized spacial score (nSPS) is 29.4. The highest BCUT2D eigenvalue weighted by Crippen LogP contribution is 2.13. The lowest BCUT2D eigenvalue weighted by Crippen LogP contribution is -2.54. The van der Waals surface area contributed by atoms with Gasteiger partial charge in [-0.3, -0.25) is 5.43 Å². The third-order valence-corrected chi connectivity index (χ3v) is 2.70. The molecule has 0 spiro atoms. The van der Waals surface area contributed by atoms with Gasteiger partial charge in [-0.25, -0.2) is 5.12 Å². The Morgan fingerprint density at radius 1 is 1.53 bits per heavy atom. The molecule has 0 aromatic heterocycles. The Hall–Kier alpha value is -1.15. The number of hydroxylamine groups is 2. The summed E-state index contributed by atoms with van der Waals surface area (Å²) in [7, 11) is 3.28. The van der Waals surface area contributed by atoms with Crippen molar-refractivity contribution in [2.45, 2.75) is 12.3 Å². The molecule has 1 N–H and O–H groups in total. The summed E-state index contributed by atoms with van der Waals surface area (Å²) in [6.07, 6.45) is 5.16. The summed E-state index contributed by atoms with van der Waals surface area (Å²) in [6.45, 7) is 1.81. The maximum Gasteiger partial charge on any atom is 0.172 e. The Balaban J connectivity index is 1.87. The molecule has 2 unspecified atom stereocenters. The van der Waals surface area contributed by atoms with Crippen LogP contribution in [0.25, 0.3) is 0 Å². The van der Waals surface area contributed by atoms with Crippen molar-refractivity contribution in [3.63, 3.8) is 0 Å². The van der Waals surface area contributed by atoms with Crippen LogP contribution in [0.4, 0.5) is 0 Å². The van der Waals surface area contributed by atoms with E-state index >= 15 is 0 Å². The quantitative estimate of drug-likeness (QED) is 0.720. The van der Waals surface area contributed by atoms with E-state index in [0.717, 1.165) is 0 Å². The van der Waals surface area contributed by atoms with E-state index in [1.54, 1.807) is 25.6 Å². The van der Waals surface area contributed by atoms with Crippen LogP contribution >= 0.6 is 0 Å². The summed E-state index contributed by atoms with van der Waals surface area (Å²) < 4.78 is 10.7. The first-order valence-electron chi connectivity index (χ1n) is 5.51. The second-order valence-electron chi connectivity index (χ2n) is 3.77. The van der Waals surface area contributed by atoms with Gasteiger partial charge in [0.05, 0.1) is 39.1 Å². The minimum absolute atomic E-state index is 0.113. The molecule has 0 amide bonds. The molecule has 1 fully saturated rings. The minimum atomic E-state index is -0.232. The molecule has 7 heteroatoms. The van der Waals surface area contributed by atoms with Crippen LogP contribution in [-0.2, 0) is 14.3 Å². The van der Waals surface area contributed by atoms with Gasteiger partial charge in [0, 0.05) is 13.3 Å². The Bertz CT molecular complexity index is 297. The number of hydrogen-bond donors (Lipinski definition) is 1. The average Bonchev–Trinajstić information content (AvgIpc) is 2.40. The van der Waals surface area contributed by atoms with Gasteiger partial charge in [-0.15, -0.1) is 0 Å². The molecular weight excluding hydrogens is 224 g/mol. The van der Waals surface area contributed by atoms with Crippen molar-refractivity contribution >= 4 is 6.21 Å². The summed E-state index contributed by atoms with van der Waals surface area (Å²) >= 11 is 0. The molecule has 0 aromatic rings. The van der Waals surface area contributed by atoms with E-state index < -0.39 is 0 Å². The summed E-state index contributed by atoms with van der Waals surface area (Å²) in [5, 5.41) is 7.77. The van der Waals surface area contributed by atoms with Crippen LogP contribution < -0.4 is 5.43 Å². The number of hydrazone groups is 1. The van der Waals surface area contributed by atoms with E-state index in [2.05, 4.69) is 10.5 Å². The maximum absolute atomic E-state index is 5.55. The molecule has 0 saturated carbocycles. The van der Waals surface area contributed by atoms with E-state index in [4.69, 9.17) is 14.3 Å². The number of ether oxygens (including phenoxy) is 2. The van der Waals surface area contributed by atoms with Crippen LogP contribution in [-0.4, -0.2) is 62.6 Å². The first-order valence-corrected chi connectivity index (χ1v) is 5.51. The van der Waals surface area contributed by atoms with Crippen LogP contribution in [0, 0.1) is 0 Å². The lowest BCUT2D eigenvalue weighted by Gasteiger charge is -2.38. The van der Waals surface area contributed by atoms with Gasteiger partial charge >= 0.3 is 0 Å². The van der Waals surface area contributed by atoms with Crippen molar-refractivity contribution in [2.24, 2.45) is 5.10 Å². The van der Waals surface area contributed by atoms with E-state index in [0.29, 0.717) is 19.7 Å². The molecule has 7 nitrogen and oxygen atoms in total. The number of rotatable bonds is 4. The molecular formula is C10H18N4O3. The molecule has 0 radical (unpaired) electrons. The van der Waals surface area contributed by atoms with Crippen molar-refractivity contribution in [3.05, 3.63) is 12.3 Å². The zero-order valence-corrected chi connectivity index (χ0v) is 10.1. The fraction of sp³-hybridized carbons (Fsp3) is 0.700. The third kappa shape index (κ3) is 3.16. The number of hydrazine groups is 1. The highest BCUT2D eigenvalue weighted by atomic mass is 16.7. The number of nitrogens with one attached hydrogen (secondary N) is 1. The molecule has 96 valence electrons. The number of nitrogens with zero attached hydrogens (tertiary/aromatic N) is 3. The predicted molar refractivity (Wildman–Crippen MR) is 61.7 cm³/mol. The largest absolute Gasteiger partial charge is 0.354 e. The summed E-state index contributed by atoms with van der Waals surface area (Å²) in [4.78, 5) is 5.33. The maximum atomic E-state index is 5.55. The molecule has 0 bridgehead atoms. The van der Waals surface area contributed by atoms with Crippen molar-refractivity contribution < 1.29 is 14.3 Å². The molecule has 2 aliphatic rings. The zero-order chi connectivity index (χ0) is 12.1. The fourth-order valence-electron chi connectivity index (χ4n) is 1.78. The number of methoxy groups -OCH3 is 1. The molecule has 2 heterocycles. The third-order valence-electron chi connectivity index (χ3n) is 2.70. The van der Waals surface area contributed by atoms with Crippen LogP contribution in [0.2, 0.25) is 0 Å². The number of hydrogen-bond acceptors (Lipinski definition) is 7. The molecule has 17 heavy (non-hydrogen) atoms. The highest BCUT2D eigenvalue weighted by Gasteiger charge is 2.30. The van der Waals surface area contributed by atoms with Gasteiger partial charge in [-0.2, -0.15) is 10.2 Å². The van der Waals surface area contributed by atoms with E-state index in [9.17, 15) is 0 Å². The highest BCUT2D eigenvalue weighted by molar-refractivity contribution is 5.71. The van der Waals surface area contributed by atoms with Gasteiger partial charge in [-0.05, 0) is 6.08 Å². The van der Waals surface area contributed by atoms with E-state index in [1.165, 1.54) is 0 Å². The van der Waals surface area contributed by atoms with Gasteiger partial charge in [0.2, 0.25) is 0 Å². The first-order chi connectivity index (χ1) is 8.33. The Morgan fingerprint density at radius 2 is 2.41 bits per heavy atom. The van der Waals surface area contributed by atoms with E-state index in [-0.39, 0.29) is 12.3 Å². The predicted octanol–water partition coefficient (Wildman–Crippen LogP) is -0.459. The number of allylic oxidation sites excluding steroid dienone is 1. The van der Waals surface area contributed by atoms with Crippen LogP contribution in [0.1, 0.15) is 0 Å². The van der Waals surface area contributed by atoms with Gasteiger partial charge in [0.25, 0.3) is 0 Å². The van der Waals surface area contributed by atoms with Gasteiger partial charge in [0.1, 0.15) is 0 Å². The number of morpholine rings is 1. The first kappa shape index (κ1) is 12.3. The Kier molecular flexibility index (Phi) is 4.32. The smallest absolute Gasteiger partial charge is 0.172 e. The van der Waals surface area contributed by atoms with Gasteiger partial charge in [-0.1, -0.05) is 0 Å². The van der Waals surface area contributed by atoms with E-state index in [1.807, 2.05) is 17.3 Å². The SMILES string of the molecule is COC1CN(OC)C(CN2N=CC=CN2)CO1. The van der Waals surface area contributed by atoms with Gasteiger partial charge in [0.15, 0.2) is 6.29 Å². The molecule has 2 atom stereocenters. The van der Waals surface area contributed by atoms with Crippen molar-refractivity contribution in [1.29, 1.82) is 0 Å². The molecule has 0 aromatic carbocycles. The monoisotopic (exact) mass is 242 g/mol. The second-order valence-corrected chi connectivity index (χ2v) is 3.77. The Labute approximate surface area is 101 Å². The van der Waals surface area contributed by atoms with Crippen LogP contribution in [0.5, 0.6) is 0 Å². The average molecular weight is 242 g/mol. The lowest BCUT2D eigenvalue weighted by molar-refractivity contribution is -0.273. The summed E-state index contributed by atoms with van der Waals surface area (Å²) in [5.41, 5.74) is 3.02.